The van der Waals surface area contributed by atoms with E-state index in [1.165, 1.54) is 11.8 Å². The fraction of sp³-hybridized carbons (Fsp3) is 0.438. The number of nitrogens with zero attached hydrogens (tertiary/aromatic N) is 1. The van der Waals surface area contributed by atoms with Gasteiger partial charge in [-0.25, -0.2) is 8.78 Å². The lowest BCUT2D eigenvalue weighted by molar-refractivity contribution is -0.149. The molecule has 2 aliphatic rings. The number of hydrogen-bond donors (Lipinski definition) is 3. The fourth-order valence-corrected chi connectivity index (χ4v) is 3.20. The van der Waals surface area contributed by atoms with Crippen molar-refractivity contribution in [3.63, 3.8) is 0 Å². The highest BCUT2D eigenvalue weighted by Gasteiger charge is 2.47. The molecule has 0 aliphatic carbocycles. The summed E-state index contributed by atoms with van der Waals surface area (Å²) in [5, 5.41) is 14.6. The van der Waals surface area contributed by atoms with Crippen LogP contribution < -0.4 is 10.6 Å². The van der Waals surface area contributed by atoms with Gasteiger partial charge in [-0.15, -0.1) is 0 Å². The Labute approximate surface area is 142 Å². The first-order valence-electron chi connectivity index (χ1n) is 7.82. The molecule has 25 heavy (non-hydrogen) atoms. The Morgan fingerprint density at radius 2 is 1.96 bits per heavy atom. The molecule has 2 fully saturated rings. The predicted molar refractivity (Wildman–Crippen MR) is 81.3 cm³/mol. The predicted octanol–water partition coefficient (Wildman–Crippen LogP) is -0.457. The molecule has 1 aromatic rings. The molecule has 0 bridgehead atoms. The number of carbonyl (C=O) groups is 3. The molecule has 3 amide bonds. The smallest absolute Gasteiger partial charge is 0.251 e. The lowest BCUT2D eigenvalue weighted by Gasteiger charge is -2.35. The van der Waals surface area contributed by atoms with Gasteiger partial charge >= 0.3 is 0 Å². The molecular weight excluding hydrogens is 336 g/mol. The van der Waals surface area contributed by atoms with Crippen LogP contribution in [0.25, 0.3) is 0 Å². The van der Waals surface area contributed by atoms with Crippen LogP contribution in [0.3, 0.4) is 0 Å². The molecular formula is C16H17F2N3O4. The number of hydrogen-bond acceptors (Lipinski definition) is 4. The van der Waals surface area contributed by atoms with Crippen molar-refractivity contribution in [1.29, 1.82) is 0 Å². The van der Waals surface area contributed by atoms with Crippen molar-refractivity contribution in [2.75, 3.05) is 6.54 Å². The standard InChI is InChI=1S/C16H17F2N3O4/c1-7(22)13-16(25)21-6-11(5-12(21)15(24)20-13)19-14(23)8-2-9(17)4-10(18)3-8/h2-4,7,11-13,22H,5-6H2,1H3,(H,19,23)(H,20,24)/t7-,11-,12-,13+/m0/s1. The first-order valence-corrected chi connectivity index (χ1v) is 7.82. The Morgan fingerprint density at radius 1 is 1.32 bits per heavy atom. The van der Waals surface area contributed by atoms with E-state index in [1.807, 2.05) is 0 Å². The van der Waals surface area contributed by atoms with Gasteiger partial charge in [-0.2, -0.15) is 0 Å². The second kappa shape index (κ2) is 6.40. The molecule has 7 nitrogen and oxygen atoms in total. The zero-order chi connectivity index (χ0) is 18.3. The quantitative estimate of drug-likeness (QED) is 0.685. The summed E-state index contributed by atoms with van der Waals surface area (Å²) in [7, 11) is 0. The van der Waals surface area contributed by atoms with Crippen LogP contribution in [-0.4, -0.2) is 58.5 Å². The largest absolute Gasteiger partial charge is 0.391 e. The van der Waals surface area contributed by atoms with Crippen LogP contribution in [0, 0.1) is 11.6 Å². The summed E-state index contributed by atoms with van der Waals surface area (Å²) >= 11 is 0. The van der Waals surface area contributed by atoms with E-state index in [1.54, 1.807) is 0 Å². The molecule has 0 aromatic heterocycles. The monoisotopic (exact) mass is 353 g/mol. The molecule has 2 heterocycles. The van der Waals surface area contributed by atoms with Crippen molar-refractivity contribution in [1.82, 2.24) is 15.5 Å². The number of halogens is 2. The topological polar surface area (TPSA) is 98.7 Å². The normalized spacial score (nSPS) is 26.9. The van der Waals surface area contributed by atoms with Crippen molar-refractivity contribution in [2.45, 2.75) is 37.6 Å². The van der Waals surface area contributed by atoms with Crippen molar-refractivity contribution < 1.29 is 28.3 Å². The maximum absolute atomic E-state index is 13.2. The first-order chi connectivity index (χ1) is 11.8. The van der Waals surface area contributed by atoms with Gasteiger partial charge in [-0.1, -0.05) is 0 Å². The maximum atomic E-state index is 13.2. The Balaban J connectivity index is 1.71. The van der Waals surface area contributed by atoms with Crippen LogP contribution in [0.5, 0.6) is 0 Å². The Bertz CT molecular complexity index is 720. The molecule has 134 valence electrons. The van der Waals surface area contributed by atoms with E-state index in [2.05, 4.69) is 10.6 Å². The third-order valence-electron chi connectivity index (χ3n) is 4.39. The van der Waals surface area contributed by atoms with Gasteiger partial charge in [0, 0.05) is 24.2 Å². The lowest BCUT2D eigenvalue weighted by Crippen LogP contribution is -2.64. The Morgan fingerprint density at radius 3 is 2.56 bits per heavy atom. The summed E-state index contributed by atoms with van der Waals surface area (Å²) < 4.78 is 26.4. The average molecular weight is 353 g/mol. The highest BCUT2D eigenvalue weighted by molar-refractivity contribution is 5.98. The van der Waals surface area contributed by atoms with Crippen molar-refractivity contribution in [3.05, 3.63) is 35.4 Å². The van der Waals surface area contributed by atoms with Crippen molar-refractivity contribution in [2.24, 2.45) is 0 Å². The molecule has 2 saturated heterocycles. The second-order valence-electron chi connectivity index (χ2n) is 6.30. The summed E-state index contributed by atoms with van der Waals surface area (Å²) in [4.78, 5) is 37.9. The number of fused-ring (bicyclic) bond motifs is 1. The highest BCUT2D eigenvalue weighted by Crippen LogP contribution is 2.24. The molecule has 0 spiro atoms. The number of amides is 3. The van der Waals surface area contributed by atoms with Crippen molar-refractivity contribution >= 4 is 17.7 Å². The van der Waals surface area contributed by atoms with E-state index in [4.69, 9.17) is 0 Å². The molecule has 3 N–H and O–H groups in total. The van der Waals surface area contributed by atoms with E-state index in [-0.39, 0.29) is 18.5 Å². The summed E-state index contributed by atoms with van der Waals surface area (Å²) in [6.45, 7) is 1.49. The zero-order valence-corrected chi connectivity index (χ0v) is 13.3. The van der Waals surface area contributed by atoms with Gasteiger partial charge in [0.15, 0.2) is 0 Å². The molecule has 3 rings (SSSR count). The van der Waals surface area contributed by atoms with Crippen LogP contribution in [-0.2, 0) is 9.59 Å². The van der Waals surface area contributed by atoms with E-state index in [0.717, 1.165) is 12.1 Å². The molecule has 0 saturated carbocycles. The van der Waals surface area contributed by atoms with E-state index in [0.29, 0.717) is 6.07 Å². The number of piperazine rings is 1. The van der Waals surface area contributed by atoms with Gasteiger partial charge in [0.25, 0.3) is 5.91 Å². The highest BCUT2D eigenvalue weighted by atomic mass is 19.1. The van der Waals surface area contributed by atoms with Crippen LogP contribution >= 0.6 is 0 Å². The number of nitrogens with one attached hydrogen (secondary N) is 2. The first kappa shape index (κ1) is 17.3. The number of aliphatic hydroxyl groups is 1. The molecule has 0 unspecified atom stereocenters. The van der Waals surface area contributed by atoms with E-state index < -0.39 is 53.6 Å². The fourth-order valence-electron chi connectivity index (χ4n) is 3.20. The summed E-state index contributed by atoms with van der Waals surface area (Å²) in [5.74, 6) is -3.26. The van der Waals surface area contributed by atoms with Crippen LogP contribution in [0.1, 0.15) is 23.7 Å². The van der Waals surface area contributed by atoms with Crippen LogP contribution in [0.2, 0.25) is 0 Å². The maximum Gasteiger partial charge on any atom is 0.251 e. The second-order valence-corrected chi connectivity index (χ2v) is 6.30. The SMILES string of the molecule is C[C@H](O)[C@H]1NC(=O)[C@@H]2C[C@H](NC(=O)c3cc(F)cc(F)c3)CN2C1=O. The van der Waals surface area contributed by atoms with Gasteiger partial charge in [0.2, 0.25) is 11.8 Å². The van der Waals surface area contributed by atoms with E-state index in [9.17, 15) is 28.3 Å². The van der Waals surface area contributed by atoms with Crippen LogP contribution in [0.4, 0.5) is 8.78 Å². The van der Waals surface area contributed by atoms with Gasteiger partial charge in [0.1, 0.15) is 23.7 Å². The summed E-state index contributed by atoms with van der Waals surface area (Å²) in [5.41, 5.74) is -0.181. The molecule has 9 heteroatoms. The molecule has 1 aromatic carbocycles. The third-order valence-corrected chi connectivity index (χ3v) is 4.39. The average Bonchev–Trinajstić information content (AvgIpc) is 2.94. The number of benzene rings is 1. The number of carbonyl (C=O) groups excluding carboxylic acids is 3. The molecule has 2 aliphatic heterocycles. The third kappa shape index (κ3) is 3.32. The van der Waals surface area contributed by atoms with Gasteiger partial charge in [-0.3, -0.25) is 14.4 Å². The summed E-state index contributed by atoms with van der Waals surface area (Å²) in [6.07, 6.45) is -0.852. The number of rotatable bonds is 3. The van der Waals surface area contributed by atoms with E-state index >= 15 is 0 Å². The van der Waals surface area contributed by atoms with Gasteiger partial charge < -0.3 is 20.6 Å². The van der Waals surface area contributed by atoms with Gasteiger partial charge in [-0.05, 0) is 25.5 Å². The Kier molecular flexibility index (Phi) is 4.42. The van der Waals surface area contributed by atoms with Crippen molar-refractivity contribution in [3.8, 4) is 0 Å². The lowest BCUT2D eigenvalue weighted by atomic mass is 10.0. The zero-order valence-electron chi connectivity index (χ0n) is 13.3. The number of aliphatic hydroxyl groups excluding tert-OH is 1. The Hall–Kier alpha value is -2.55. The molecule has 0 radical (unpaired) electrons. The summed E-state index contributed by atoms with van der Waals surface area (Å²) in [6, 6.07) is 0.175. The minimum absolute atomic E-state index is 0.0870. The minimum Gasteiger partial charge on any atom is -0.391 e. The van der Waals surface area contributed by atoms with Crippen LogP contribution in [0.15, 0.2) is 18.2 Å². The van der Waals surface area contributed by atoms with Gasteiger partial charge in [0.05, 0.1) is 6.10 Å². The minimum atomic E-state index is -1.04. The molecule has 4 atom stereocenters.